The number of carbonyl (C=O) groups is 1. The molecule has 0 fully saturated rings. The summed E-state index contributed by atoms with van der Waals surface area (Å²) in [4.78, 5) is 21.2. The molecule has 2 aromatic carbocycles. The number of hydrogen-bond acceptors (Lipinski definition) is 6. The predicted molar refractivity (Wildman–Crippen MR) is 139 cm³/mol. The molecule has 0 saturated heterocycles. The fourth-order valence-electron chi connectivity index (χ4n) is 4.29. The molecule has 0 bridgehead atoms. The zero-order valence-electron chi connectivity index (χ0n) is 19.6. The van der Waals surface area contributed by atoms with Gasteiger partial charge in [0.25, 0.3) is 5.91 Å². The van der Waals surface area contributed by atoms with Crippen molar-refractivity contribution in [3.63, 3.8) is 0 Å². The quantitative estimate of drug-likeness (QED) is 0.346. The van der Waals surface area contributed by atoms with Crippen LogP contribution in [0.25, 0.3) is 0 Å². The van der Waals surface area contributed by atoms with E-state index < -0.39 is 0 Å². The van der Waals surface area contributed by atoms with Crippen LogP contribution in [-0.4, -0.2) is 36.0 Å². The SMILES string of the molecule is CCCC[C@H]1CNCCc2ccc(Nc3ncc(Cl)c(Nc4ccccc4C(=O)NC)n3)cc21. The maximum atomic E-state index is 12.2. The van der Waals surface area contributed by atoms with Gasteiger partial charge in [-0.25, -0.2) is 4.98 Å². The normalized spacial score (nSPS) is 15.2. The highest BCUT2D eigenvalue weighted by Gasteiger charge is 2.19. The highest BCUT2D eigenvalue weighted by Crippen LogP contribution is 2.31. The first-order valence-corrected chi connectivity index (χ1v) is 12.2. The number of benzene rings is 2. The second-order valence-electron chi connectivity index (χ2n) is 8.47. The molecule has 0 saturated carbocycles. The van der Waals surface area contributed by atoms with Crippen LogP contribution in [-0.2, 0) is 6.42 Å². The minimum atomic E-state index is -0.191. The van der Waals surface area contributed by atoms with Gasteiger partial charge in [-0.2, -0.15) is 4.98 Å². The highest BCUT2D eigenvalue weighted by atomic mass is 35.5. The molecule has 1 aromatic heterocycles. The molecule has 0 unspecified atom stereocenters. The Balaban J connectivity index is 1.58. The van der Waals surface area contributed by atoms with Gasteiger partial charge >= 0.3 is 0 Å². The summed E-state index contributed by atoms with van der Waals surface area (Å²) in [6, 6.07) is 13.7. The van der Waals surface area contributed by atoms with Crippen molar-refractivity contribution in [3.8, 4) is 0 Å². The smallest absolute Gasteiger partial charge is 0.253 e. The van der Waals surface area contributed by atoms with Gasteiger partial charge < -0.3 is 21.3 Å². The number of carbonyl (C=O) groups excluding carboxylic acids is 1. The van der Waals surface area contributed by atoms with E-state index in [2.05, 4.69) is 56.4 Å². The van der Waals surface area contributed by atoms with Gasteiger partial charge in [-0.3, -0.25) is 4.79 Å². The lowest BCUT2D eigenvalue weighted by atomic mass is 9.89. The van der Waals surface area contributed by atoms with Crippen molar-refractivity contribution < 1.29 is 4.79 Å². The highest BCUT2D eigenvalue weighted by molar-refractivity contribution is 6.33. The van der Waals surface area contributed by atoms with E-state index in [9.17, 15) is 4.79 Å². The van der Waals surface area contributed by atoms with Crippen LogP contribution in [0.4, 0.5) is 23.1 Å². The Labute approximate surface area is 205 Å². The van der Waals surface area contributed by atoms with Gasteiger partial charge in [0.2, 0.25) is 5.95 Å². The van der Waals surface area contributed by atoms with E-state index in [1.807, 2.05) is 18.2 Å². The fraction of sp³-hybridized carbons (Fsp3) is 0.346. The maximum Gasteiger partial charge on any atom is 0.253 e. The predicted octanol–water partition coefficient (Wildman–Crippen LogP) is 5.40. The summed E-state index contributed by atoms with van der Waals surface area (Å²) >= 11 is 6.37. The number of rotatable bonds is 8. The lowest BCUT2D eigenvalue weighted by Gasteiger charge is -2.19. The molecule has 0 radical (unpaired) electrons. The van der Waals surface area contributed by atoms with E-state index in [0.29, 0.717) is 34.0 Å². The molecule has 4 N–H and O–H groups in total. The molecule has 178 valence electrons. The van der Waals surface area contributed by atoms with E-state index >= 15 is 0 Å². The number of nitrogens with zero attached hydrogens (tertiary/aromatic N) is 2. The lowest BCUT2D eigenvalue weighted by Crippen LogP contribution is -2.20. The van der Waals surface area contributed by atoms with Crippen molar-refractivity contribution in [2.24, 2.45) is 0 Å². The molecule has 1 aliphatic heterocycles. The molecule has 1 amide bonds. The van der Waals surface area contributed by atoms with Crippen LogP contribution >= 0.6 is 11.6 Å². The van der Waals surface area contributed by atoms with Gasteiger partial charge in [-0.15, -0.1) is 0 Å². The topological polar surface area (TPSA) is 91.0 Å². The van der Waals surface area contributed by atoms with Crippen molar-refractivity contribution in [1.29, 1.82) is 0 Å². The summed E-state index contributed by atoms with van der Waals surface area (Å²) in [7, 11) is 1.60. The van der Waals surface area contributed by atoms with Gasteiger partial charge in [0.15, 0.2) is 5.82 Å². The summed E-state index contributed by atoms with van der Waals surface area (Å²) < 4.78 is 0. The Morgan fingerprint density at radius 1 is 1.21 bits per heavy atom. The Hall–Kier alpha value is -3.16. The van der Waals surface area contributed by atoms with E-state index in [1.165, 1.54) is 30.4 Å². The summed E-state index contributed by atoms with van der Waals surface area (Å²) in [5.74, 6) is 1.17. The Morgan fingerprint density at radius 3 is 2.88 bits per heavy atom. The Morgan fingerprint density at radius 2 is 2.06 bits per heavy atom. The number of anilines is 4. The minimum absolute atomic E-state index is 0.191. The van der Waals surface area contributed by atoms with Crippen LogP contribution in [0.1, 0.15) is 53.6 Å². The third-order valence-electron chi connectivity index (χ3n) is 6.11. The fourth-order valence-corrected chi connectivity index (χ4v) is 4.43. The Kier molecular flexibility index (Phi) is 7.98. The van der Waals surface area contributed by atoms with E-state index in [0.717, 1.165) is 25.2 Å². The summed E-state index contributed by atoms with van der Waals surface area (Å²) in [5.41, 5.74) is 4.87. The molecule has 1 atom stereocenters. The number of halogens is 1. The largest absolute Gasteiger partial charge is 0.355 e. The first-order valence-electron chi connectivity index (χ1n) is 11.8. The van der Waals surface area contributed by atoms with Crippen LogP contribution in [0.5, 0.6) is 0 Å². The van der Waals surface area contributed by atoms with Gasteiger partial charge in [-0.05, 0) is 60.7 Å². The standard InChI is InChI=1S/C26H31ClN6O/c1-3-4-7-18-15-29-13-12-17-10-11-19(14-21(17)18)31-26-30-16-22(27)24(33-26)32-23-9-6-5-8-20(23)25(34)28-2/h5-6,8-11,14,16,18,29H,3-4,7,12-13,15H2,1-2H3,(H,28,34)(H2,30,31,32,33)/t18-/m0/s1. The molecule has 2 heterocycles. The van der Waals surface area contributed by atoms with E-state index in [4.69, 9.17) is 11.6 Å². The number of nitrogens with one attached hydrogen (secondary N) is 4. The number of fused-ring (bicyclic) bond motifs is 1. The van der Waals surface area contributed by atoms with Gasteiger partial charge in [-0.1, -0.05) is 49.6 Å². The molecule has 1 aliphatic rings. The molecule has 34 heavy (non-hydrogen) atoms. The average Bonchev–Trinajstić information content (AvgIpc) is 3.06. The van der Waals surface area contributed by atoms with Crippen LogP contribution in [0.3, 0.4) is 0 Å². The zero-order valence-corrected chi connectivity index (χ0v) is 20.4. The average molecular weight is 479 g/mol. The molecule has 0 aliphatic carbocycles. The maximum absolute atomic E-state index is 12.2. The lowest BCUT2D eigenvalue weighted by molar-refractivity contribution is 0.0964. The Bertz CT molecular complexity index is 1150. The molecule has 7 nitrogen and oxygen atoms in total. The summed E-state index contributed by atoms with van der Waals surface area (Å²) in [6.07, 6.45) is 6.18. The van der Waals surface area contributed by atoms with Crippen molar-refractivity contribution in [2.75, 3.05) is 30.8 Å². The van der Waals surface area contributed by atoms with Gasteiger partial charge in [0, 0.05) is 19.3 Å². The second-order valence-corrected chi connectivity index (χ2v) is 8.88. The summed E-state index contributed by atoms with van der Waals surface area (Å²) in [5, 5.41) is 13.1. The number of para-hydroxylation sites is 1. The number of hydrogen-bond donors (Lipinski definition) is 4. The van der Waals surface area contributed by atoms with Gasteiger partial charge in [0.05, 0.1) is 17.4 Å². The molecular weight excluding hydrogens is 448 g/mol. The van der Waals surface area contributed by atoms with Crippen molar-refractivity contribution in [2.45, 2.75) is 38.5 Å². The van der Waals surface area contributed by atoms with Crippen LogP contribution in [0.15, 0.2) is 48.7 Å². The first-order chi connectivity index (χ1) is 16.6. The third-order valence-corrected chi connectivity index (χ3v) is 6.38. The minimum Gasteiger partial charge on any atom is -0.355 e. The van der Waals surface area contributed by atoms with Crippen molar-refractivity contribution in [1.82, 2.24) is 20.6 Å². The zero-order chi connectivity index (χ0) is 23.9. The van der Waals surface area contributed by atoms with Gasteiger partial charge in [0.1, 0.15) is 5.02 Å². The molecule has 0 spiro atoms. The number of amides is 1. The van der Waals surface area contributed by atoms with Crippen molar-refractivity contribution >= 4 is 40.6 Å². The molecule has 8 heteroatoms. The molecular formula is C26H31ClN6O. The third kappa shape index (κ3) is 5.66. The number of aromatic nitrogens is 2. The van der Waals surface area contributed by atoms with E-state index in [1.54, 1.807) is 19.3 Å². The molecule has 3 aromatic rings. The molecule has 4 rings (SSSR count). The van der Waals surface area contributed by atoms with Crippen LogP contribution in [0, 0.1) is 0 Å². The summed E-state index contributed by atoms with van der Waals surface area (Å²) in [6.45, 7) is 4.25. The van der Waals surface area contributed by atoms with Crippen LogP contribution in [0.2, 0.25) is 5.02 Å². The van der Waals surface area contributed by atoms with Crippen molar-refractivity contribution in [3.05, 3.63) is 70.4 Å². The number of unbranched alkanes of at least 4 members (excludes halogenated alkanes) is 1. The second kappa shape index (κ2) is 11.3. The first kappa shape index (κ1) is 24.0. The monoisotopic (exact) mass is 478 g/mol. The van der Waals surface area contributed by atoms with Crippen LogP contribution < -0.4 is 21.3 Å². The van der Waals surface area contributed by atoms with E-state index in [-0.39, 0.29) is 5.91 Å².